The van der Waals surface area contributed by atoms with E-state index in [4.69, 9.17) is 10.5 Å². The first-order chi connectivity index (χ1) is 14.6. The zero-order valence-electron chi connectivity index (χ0n) is 16.0. The average molecular weight is 467 g/mol. The van der Waals surface area contributed by atoms with Gasteiger partial charge < -0.3 is 26.1 Å². The maximum Gasteiger partial charge on any atom is 0.352 e. The number of nitrogen functional groups attached to an aromatic ring is 1. The Hall–Kier alpha value is -3.39. The van der Waals surface area contributed by atoms with Crippen LogP contribution in [0, 0.1) is 0 Å². The Kier molecular flexibility index (Phi) is 6.31. The Morgan fingerprint density at radius 3 is 2.74 bits per heavy atom. The lowest BCUT2D eigenvalue weighted by Gasteiger charge is -2.49. The molecule has 2 atom stereocenters. The molecule has 0 spiro atoms. The third-order valence-electron chi connectivity index (χ3n) is 4.34. The number of aromatic nitrogens is 1. The molecule has 3 heterocycles. The van der Waals surface area contributed by atoms with Crippen LogP contribution >= 0.6 is 23.1 Å². The van der Waals surface area contributed by atoms with Crippen LogP contribution in [0.5, 0.6) is 0 Å². The van der Waals surface area contributed by atoms with E-state index in [0.29, 0.717) is 0 Å². The predicted octanol–water partition coefficient (Wildman–Crippen LogP) is -0.238. The number of hydrogen-bond donors (Lipinski definition) is 4. The van der Waals surface area contributed by atoms with Gasteiger partial charge in [-0.2, -0.15) is 0 Å². The number of hydrogen-bond acceptors (Lipinski definition) is 11. The molecule has 0 saturated carbocycles. The van der Waals surface area contributed by atoms with Crippen LogP contribution in [0.15, 0.2) is 34.0 Å². The van der Waals surface area contributed by atoms with Gasteiger partial charge in [0.1, 0.15) is 29.4 Å². The van der Waals surface area contributed by atoms with Gasteiger partial charge in [-0.1, -0.05) is 11.7 Å². The lowest BCUT2D eigenvalue weighted by Crippen LogP contribution is -2.71. The van der Waals surface area contributed by atoms with E-state index in [-0.39, 0.29) is 40.0 Å². The van der Waals surface area contributed by atoms with Crippen LogP contribution in [-0.2, 0) is 23.9 Å². The van der Waals surface area contributed by atoms with Crippen LogP contribution in [0.25, 0.3) is 0 Å². The minimum Gasteiger partial charge on any atom is -0.477 e. The highest BCUT2D eigenvalue weighted by atomic mass is 32.2. The molecule has 14 heteroatoms. The normalized spacial score (nSPS) is 20.6. The van der Waals surface area contributed by atoms with Gasteiger partial charge >= 0.3 is 11.9 Å². The molecule has 0 aromatic carbocycles. The lowest BCUT2D eigenvalue weighted by molar-refractivity contribution is -0.150. The van der Waals surface area contributed by atoms with Gasteiger partial charge in [0, 0.05) is 22.3 Å². The molecule has 2 aliphatic rings. The first-order valence-electron chi connectivity index (χ1n) is 8.62. The van der Waals surface area contributed by atoms with E-state index in [9.17, 15) is 29.5 Å². The number of aliphatic carboxylic acids is 1. The highest BCUT2D eigenvalue weighted by Crippen LogP contribution is 2.40. The number of fused-ring (bicyclic) bond motifs is 1. The summed E-state index contributed by atoms with van der Waals surface area (Å²) in [5.41, 5.74) is 5.23. The molecule has 0 radical (unpaired) electrons. The SMILES string of the molecule is C=C(C)C(=O)OCC1=C(C(=O)O)N2C(=O)[C@@H](NC(=O)/C(=N\O)c3csc(N)n3)[C@H]2SC1. The Balaban J connectivity index is 1.74. The smallest absolute Gasteiger partial charge is 0.352 e. The Morgan fingerprint density at radius 2 is 2.19 bits per heavy atom. The molecular weight excluding hydrogens is 450 g/mol. The van der Waals surface area contributed by atoms with E-state index in [1.807, 2.05) is 0 Å². The molecule has 2 aliphatic heterocycles. The van der Waals surface area contributed by atoms with Crippen LogP contribution in [0.3, 0.4) is 0 Å². The zero-order chi connectivity index (χ0) is 22.9. The molecule has 164 valence electrons. The summed E-state index contributed by atoms with van der Waals surface area (Å²) in [5.74, 6) is -3.41. The maximum absolute atomic E-state index is 12.6. The fourth-order valence-corrected chi connectivity index (χ4v) is 4.76. The number of nitrogens with one attached hydrogen (secondary N) is 1. The molecular formula is C17H17N5O7S2. The molecule has 1 aromatic rings. The van der Waals surface area contributed by atoms with Crippen molar-refractivity contribution in [2.75, 3.05) is 18.1 Å². The van der Waals surface area contributed by atoms with Gasteiger partial charge in [-0.25, -0.2) is 14.6 Å². The molecule has 0 aliphatic carbocycles. The number of carboxylic acids is 1. The number of anilines is 1. The van der Waals surface area contributed by atoms with Crippen LogP contribution < -0.4 is 11.1 Å². The quantitative estimate of drug-likeness (QED) is 0.104. The number of thiazole rings is 1. The minimum atomic E-state index is -1.36. The van der Waals surface area contributed by atoms with Gasteiger partial charge in [-0.15, -0.1) is 23.1 Å². The second-order valence-electron chi connectivity index (χ2n) is 6.49. The zero-order valence-corrected chi connectivity index (χ0v) is 17.7. The molecule has 12 nitrogen and oxygen atoms in total. The van der Waals surface area contributed by atoms with Crippen LogP contribution in [0.2, 0.25) is 0 Å². The van der Waals surface area contributed by atoms with Gasteiger partial charge in [0.05, 0.1) is 0 Å². The fourth-order valence-electron chi connectivity index (χ4n) is 2.89. The summed E-state index contributed by atoms with van der Waals surface area (Å²) in [5, 5.41) is 25.0. The van der Waals surface area contributed by atoms with E-state index < -0.39 is 40.9 Å². The van der Waals surface area contributed by atoms with Crippen molar-refractivity contribution in [3.05, 3.63) is 34.5 Å². The van der Waals surface area contributed by atoms with Gasteiger partial charge in [0.15, 0.2) is 10.8 Å². The number of carboxylic acid groups (broad SMARTS) is 1. The van der Waals surface area contributed by atoms with Crippen molar-refractivity contribution in [1.29, 1.82) is 0 Å². The molecule has 1 aromatic heterocycles. The van der Waals surface area contributed by atoms with Crippen molar-refractivity contribution in [3.8, 4) is 0 Å². The van der Waals surface area contributed by atoms with E-state index in [1.165, 1.54) is 24.1 Å². The second kappa shape index (κ2) is 8.77. The number of ether oxygens (including phenoxy) is 1. The monoisotopic (exact) mass is 467 g/mol. The van der Waals surface area contributed by atoms with E-state index >= 15 is 0 Å². The number of carbonyl (C=O) groups is 4. The Labute approximate surface area is 183 Å². The molecule has 31 heavy (non-hydrogen) atoms. The van der Waals surface area contributed by atoms with Gasteiger partial charge in [-0.3, -0.25) is 14.5 Å². The van der Waals surface area contributed by atoms with Crippen LogP contribution in [0.1, 0.15) is 12.6 Å². The van der Waals surface area contributed by atoms with Crippen LogP contribution in [0.4, 0.5) is 5.13 Å². The number of nitrogens with zero attached hydrogens (tertiary/aromatic N) is 3. The van der Waals surface area contributed by atoms with E-state index in [1.54, 1.807) is 0 Å². The molecule has 2 amide bonds. The highest BCUT2D eigenvalue weighted by molar-refractivity contribution is 8.00. The number of β-lactam (4-membered cyclic amide) rings is 1. The van der Waals surface area contributed by atoms with Gasteiger partial charge in [0.2, 0.25) is 0 Å². The number of esters is 1. The van der Waals surface area contributed by atoms with Crippen molar-refractivity contribution < 1.29 is 34.2 Å². The van der Waals surface area contributed by atoms with Gasteiger partial charge in [-0.05, 0) is 6.92 Å². The molecule has 5 N–H and O–H groups in total. The average Bonchev–Trinajstić information content (AvgIpc) is 3.15. The summed E-state index contributed by atoms with van der Waals surface area (Å²) >= 11 is 2.23. The number of carbonyl (C=O) groups excluding carboxylic acids is 3. The minimum absolute atomic E-state index is 0.0372. The first kappa shape index (κ1) is 22.3. The van der Waals surface area contributed by atoms with Crippen LogP contribution in [-0.4, -0.2) is 73.4 Å². The predicted molar refractivity (Wildman–Crippen MR) is 110 cm³/mol. The number of oxime groups is 1. The molecule has 0 bridgehead atoms. The number of amides is 2. The third-order valence-corrected chi connectivity index (χ3v) is 6.36. The summed E-state index contributed by atoms with van der Waals surface area (Å²) in [4.78, 5) is 53.4. The van der Waals surface area contributed by atoms with Crippen molar-refractivity contribution in [2.45, 2.75) is 18.3 Å². The third kappa shape index (κ3) is 4.25. The standard InChI is InChI=1S/C17H17N5O7S2/c1-6(2)16(27)29-3-7-4-30-14-10(13(24)22(14)11(7)15(25)26)20-12(23)9(21-28)8-5-31-17(18)19-8/h5,10,14,28H,1,3-4H2,2H3,(H2,18,19)(H,20,23)(H,25,26)/b21-9-/t10-,14-/m1/s1. The van der Waals surface area contributed by atoms with Crippen molar-refractivity contribution in [2.24, 2.45) is 5.16 Å². The summed E-state index contributed by atoms with van der Waals surface area (Å²) < 4.78 is 5.01. The topological polar surface area (TPSA) is 185 Å². The second-order valence-corrected chi connectivity index (χ2v) is 8.49. The molecule has 1 fully saturated rings. The fraction of sp³-hybridized carbons (Fsp3) is 0.294. The molecule has 0 unspecified atom stereocenters. The summed E-state index contributed by atoms with van der Waals surface area (Å²) in [6.45, 7) is 4.60. The van der Waals surface area contributed by atoms with Crippen molar-refractivity contribution in [3.63, 3.8) is 0 Å². The number of nitrogens with two attached hydrogens (primary N) is 1. The van der Waals surface area contributed by atoms with E-state index in [2.05, 4.69) is 22.0 Å². The highest BCUT2D eigenvalue weighted by Gasteiger charge is 2.54. The number of rotatable bonds is 7. The molecule has 3 rings (SSSR count). The first-order valence-corrected chi connectivity index (χ1v) is 10.6. The summed E-state index contributed by atoms with van der Waals surface area (Å²) in [7, 11) is 0. The van der Waals surface area contributed by atoms with Crippen molar-refractivity contribution in [1.82, 2.24) is 15.2 Å². The number of thioether (sulfide) groups is 1. The van der Waals surface area contributed by atoms with Crippen molar-refractivity contribution >= 4 is 57.7 Å². The summed E-state index contributed by atoms with van der Waals surface area (Å²) in [6.07, 6.45) is 0. The summed E-state index contributed by atoms with van der Waals surface area (Å²) in [6, 6.07) is -1.04. The Bertz CT molecular complexity index is 1050. The largest absolute Gasteiger partial charge is 0.477 e. The van der Waals surface area contributed by atoms with Gasteiger partial charge in [0.25, 0.3) is 11.8 Å². The Morgan fingerprint density at radius 1 is 1.48 bits per heavy atom. The maximum atomic E-state index is 12.6. The molecule has 1 saturated heterocycles. The van der Waals surface area contributed by atoms with E-state index in [0.717, 1.165) is 16.2 Å². The lowest BCUT2D eigenvalue weighted by atomic mass is 10.0.